The van der Waals surface area contributed by atoms with Gasteiger partial charge in [-0.3, -0.25) is 44.7 Å². The largest absolute Gasteiger partial charge is 1.00 e. The summed E-state index contributed by atoms with van der Waals surface area (Å²) in [6.45, 7) is 1.99. The van der Waals surface area contributed by atoms with Gasteiger partial charge in [0.05, 0.1) is 51.1 Å². The molecule has 15 nitrogen and oxygen atoms in total. The van der Waals surface area contributed by atoms with Gasteiger partial charge in [-0.2, -0.15) is 0 Å². The van der Waals surface area contributed by atoms with Crippen LogP contribution in [0.3, 0.4) is 0 Å². The molecule has 0 spiro atoms. The summed E-state index contributed by atoms with van der Waals surface area (Å²) in [4.78, 5) is 68.1. The zero-order valence-electron chi connectivity index (χ0n) is 40.6. The summed E-state index contributed by atoms with van der Waals surface area (Å²) in [5.74, 6) is 0.143. The smallest absolute Gasteiger partial charge is 0.478 e. The molecule has 11 rings (SSSR count). The molecule has 10 aromatic rings. The van der Waals surface area contributed by atoms with Crippen LogP contribution < -0.4 is 4.98 Å². The standard InChI is InChI=1S/C15H12N4.C12H10N2O.C11H8N2O2.C10H10N2.C10H8N2.2Ru/c1-16-14(17-11-7-3-2-4-8-11)15-18-12-9-5-6-10-13(12)19-15;1-9-2-4-13-11(6-9)12-7-10(8-15)3-5-14-12;14-11(15)8-4-6-13-10(7-8)9-3-1-2-5-12-9;2*1-3-7-11-9(5-1)10-6-2-4-8-12-10;;/h2-10H,1H3;2-8H,1H3;1-7H,(H,14,15);1,3,5-8H,2,4H2;1-8H;;/q-2;;;;;2*+1. The average Bonchev–Trinajstić information content (AvgIpc) is 3.91. The topological polar surface area (TPSA) is 210 Å². The second-order valence-corrected chi connectivity index (χ2v) is 15.4. The number of imidazole rings is 1. The van der Waals surface area contributed by atoms with Gasteiger partial charge in [-0.15, -0.1) is 0 Å². The Labute approximate surface area is 460 Å². The van der Waals surface area contributed by atoms with E-state index in [4.69, 9.17) is 5.11 Å². The number of allylic oxidation sites excluding steroid dienone is 1. The van der Waals surface area contributed by atoms with Gasteiger partial charge in [0.25, 0.3) is 0 Å². The van der Waals surface area contributed by atoms with Gasteiger partial charge < -0.3 is 25.4 Å². The van der Waals surface area contributed by atoms with E-state index < -0.39 is 5.97 Å². The number of hydrogen-bond acceptors (Lipinski definition) is 12. The van der Waals surface area contributed by atoms with Crippen LogP contribution in [-0.2, 0) is 39.0 Å². The van der Waals surface area contributed by atoms with Gasteiger partial charge in [-0.25, -0.2) is 4.79 Å². The van der Waals surface area contributed by atoms with Crippen molar-refractivity contribution < 1.29 is 53.7 Å². The maximum absolute atomic E-state index is 10.7. The average molecular weight is 1160 g/mol. The summed E-state index contributed by atoms with van der Waals surface area (Å²) >= 11 is 0. The Morgan fingerprint density at radius 1 is 0.573 bits per heavy atom. The molecule has 0 aliphatic carbocycles. The first-order chi connectivity index (χ1) is 35.9. The summed E-state index contributed by atoms with van der Waals surface area (Å²) in [7, 11) is 1.70. The van der Waals surface area contributed by atoms with Crippen LogP contribution in [0.1, 0.15) is 50.6 Å². The van der Waals surface area contributed by atoms with Crippen LogP contribution in [0.2, 0.25) is 0 Å². The number of aryl methyl sites for hydroxylation is 1. The second-order valence-electron chi connectivity index (χ2n) is 15.4. The van der Waals surface area contributed by atoms with Crippen molar-refractivity contribution in [2.24, 2.45) is 9.98 Å². The number of aromatic nitrogens is 9. The molecule has 8 aromatic heterocycles. The molecule has 374 valence electrons. The molecule has 0 saturated heterocycles. The Balaban J connectivity index is 0.000000174. The third-order valence-electron chi connectivity index (χ3n) is 10.2. The maximum Gasteiger partial charge on any atom is 1.00 e. The molecule has 0 fully saturated rings. The summed E-state index contributed by atoms with van der Waals surface area (Å²) in [5, 5.41) is 13.0. The molecule has 1 aliphatic heterocycles. The molecule has 9 heterocycles. The van der Waals surface area contributed by atoms with Crippen LogP contribution in [-0.4, -0.2) is 76.3 Å². The van der Waals surface area contributed by atoms with E-state index >= 15 is 0 Å². The normalized spacial score (nSPS) is 11.0. The molecule has 75 heavy (non-hydrogen) atoms. The molecular weight excluding hydrogens is 1110 g/mol. The first kappa shape index (κ1) is 57.1. The number of amidine groups is 1. The van der Waals surface area contributed by atoms with E-state index in [1.165, 1.54) is 18.3 Å². The van der Waals surface area contributed by atoms with E-state index in [9.17, 15) is 9.59 Å². The van der Waals surface area contributed by atoms with Crippen LogP contribution in [0.4, 0.5) is 5.69 Å². The predicted molar refractivity (Wildman–Crippen MR) is 286 cm³/mol. The minimum Gasteiger partial charge on any atom is -0.478 e. The number of rotatable bonds is 8. The fourth-order valence-corrected chi connectivity index (χ4v) is 6.61. The monoisotopic (exact) mass is 1160 g/mol. The molecule has 0 saturated carbocycles. The summed E-state index contributed by atoms with van der Waals surface area (Å²) < 4.78 is 0. The molecule has 17 heteroatoms. The van der Waals surface area contributed by atoms with Gasteiger partial charge in [0.15, 0.2) is 0 Å². The summed E-state index contributed by atoms with van der Waals surface area (Å²) in [5.41, 5.74) is 11.1. The minimum absolute atomic E-state index is 0. The van der Waals surface area contributed by atoms with Gasteiger partial charge in [0.1, 0.15) is 6.29 Å². The van der Waals surface area contributed by atoms with Crippen molar-refractivity contribution in [3.05, 3.63) is 247 Å². The third-order valence-corrected chi connectivity index (χ3v) is 10.2. The Morgan fingerprint density at radius 3 is 1.63 bits per heavy atom. The molecule has 1 aliphatic rings. The molecule has 0 atom stereocenters. The third kappa shape index (κ3) is 18.0. The minimum atomic E-state index is -0.963. The number of pyridine rings is 7. The molecular formula is C58H48N12O3Ru2. The van der Waals surface area contributed by atoms with Gasteiger partial charge in [-0.05, 0) is 127 Å². The number of carboxylic acid groups (broad SMARTS) is 1. The number of para-hydroxylation sites is 3. The quantitative estimate of drug-likeness (QED) is 0.0652. The number of carbonyl (C=O) groups excluding carboxylic acids is 1. The second kappa shape index (κ2) is 31.0. The van der Waals surface area contributed by atoms with Gasteiger partial charge in [-0.1, -0.05) is 104 Å². The summed E-state index contributed by atoms with van der Waals surface area (Å²) in [6, 6.07) is 50.5. The van der Waals surface area contributed by atoms with Crippen molar-refractivity contribution in [2.45, 2.75) is 19.8 Å². The van der Waals surface area contributed by atoms with Crippen molar-refractivity contribution in [1.29, 1.82) is 0 Å². The molecule has 0 amide bonds. The van der Waals surface area contributed by atoms with Crippen LogP contribution >= 0.6 is 0 Å². The number of fused-ring (bicyclic) bond motifs is 1. The molecule has 0 unspecified atom stereocenters. The number of carboxylic acids is 1. The molecule has 0 bridgehead atoms. The van der Waals surface area contributed by atoms with Crippen LogP contribution in [0.15, 0.2) is 223 Å². The van der Waals surface area contributed by atoms with Crippen molar-refractivity contribution in [1.82, 2.24) is 44.9 Å². The number of benzene rings is 2. The predicted octanol–water partition coefficient (Wildman–Crippen LogP) is 11.8. The fraction of sp³-hybridized carbons (Fsp3) is 0.0690. The van der Waals surface area contributed by atoms with Crippen molar-refractivity contribution in [2.75, 3.05) is 7.05 Å². The van der Waals surface area contributed by atoms with E-state index in [-0.39, 0.29) is 44.5 Å². The maximum atomic E-state index is 10.7. The van der Waals surface area contributed by atoms with E-state index in [1.54, 1.807) is 68.5 Å². The Bertz CT molecular complexity index is 3330. The zero-order chi connectivity index (χ0) is 50.9. The Morgan fingerprint density at radius 2 is 1.09 bits per heavy atom. The SMILES string of the molecule is C1=NC(c2ccccn2)=CCC1.C[N-]C(=Nc1ccccc1)c1nc2ccccc2[n-]1.Cc1ccnc(-c2cc(C=O)ccn2)c1.O=C(O)c1ccnc(-c2ccccn2)c1.[Ru+].[Ru+].c1ccc(-c2ccccn2)nc1. The van der Waals surface area contributed by atoms with Gasteiger partial charge in [0.2, 0.25) is 0 Å². The van der Waals surface area contributed by atoms with Crippen molar-refractivity contribution in [3.8, 4) is 34.2 Å². The van der Waals surface area contributed by atoms with E-state index in [0.29, 0.717) is 28.6 Å². The van der Waals surface area contributed by atoms with Crippen LogP contribution in [0.25, 0.3) is 56.2 Å². The van der Waals surface area contributed by atoms with Gasteiger partial charge >= 0.3 is 44.9 Å². The number of aliphatic imine (C=N–C) groups is 2. The van der Waals surface area contributed by atoms with Crippen LogP contribution in [0.5, 0.6) is 0 Å². The summed E-state index contributed by atoms with van der Waals surface area (Å²) in [6.07, 6.45) is 18.8. The molecule has 2 radical (unpaired) electrons. The number of hydrogen-bond donors (Lipinski definition) is 1. The number of carbonyl (C=O) groups is 2. The first-order valence-electron chi connectivity index (χ1n) is 22.9. The number of aromatic carboxylic acids is 1. The van der Waals surface area contributed by atoms with Gasteiger partial charge in [0, 0.05) is 55.2 Å². The van der Waals surface area contributed by atoms with E-state index in [2.05, 4.69) is 66.2 Å². The molecule has 2 aromatic carbocycles. The first-order valence-corrected chi connectivity index (χ1v) is 22.9. The van der Waals surface area contributed by atoms with Crippen molar-refractivity contribution in [3.63, 3.8) is 0 Å². The van der Waals surface area contributed by atoms with E-state index in [1.807, 2.05) is 141 Å². The van der Waals surface area contributed by atoms with E-state index in [0.717, 1.165) is 75.6 Å². The van der Waals surface area contributed by atoms with Crippen molar-refractivity contribution >= 4 is 46.7 Å². The fourth-order valence-electron chi connectivity index (χ4n) is 6.61. The number of aldehydes is 1. The Kier molecular flexibility index (Phi) is 23.6. The zero-order valence-corrected chi connectivity index (χ0v) is 44.1. The number of nitrogens with zero attached hydrogens (tertiary/aromatic N) is 12. The Hall–Kier alpha value is -8.77. The van der Waals surface area contributed by atoms with Crippen LogP contribution in [0, 0.1) is 6.92 Å². The molecule has 1 N–H and O–H groups in total.